The number of aliphatic imine (C=N–C) groups is 1. The van der Waals surface area contributed by atoms with Crippen LogP contribution in [0, 0.1) is 18.8 Å². The first-order valence-corrected chi connectivity index (χ1v) is 10.6. The second kappa shape index (κ2) is 10.5. The van der Waals surface area contributed by atoms with Gasteiger partial charge in [-0.1, -0.05) is 72.1 Å². The number of para-hydroxylation sites is 1. The van der Waals surface area contributed by atoms with E-state index in [0.717, 1.165) is 22.5 Å². The highest BCUT2D eigenvalue weighted by Crippen LogP contribution is 2.19. The van der Waals surface area contributed by atoms with E-state index in [1.165, 1.54) is 0 Å². The highest BCUT2D eigenvalue weighted by Gasteiger charge is 2.22. The number of ether oxygens (including phenoxy) is 1. The molecule has 0 aromatic heterocycles. The quantitative estimate of drug-likeness (QED) is 0.351. The van der Waals surface area contributed by atoms with Gasteiger partial charge in [0.05, 0.1) is 12.2 Å². The van der Waals surface area contributed by atoms with Gasteiger partial charge in [-0.25, -0.2) is 9.79 Å². The predicted molar refractivity (Wildman–Crippen MR) is 132 cm³/mol. The second-order valence-corrected chi connectivity index (χ2v) is 8.37. The van der Waals surface area contributed by atoms with Gasteiger partial charge in [-0.2, -0.15) is 0 Å². The highest BCUT2D eigenvalue weighted by molar-refractivity contribution is 6.14. The van der Waals surface area contributed by atoms with E-state index in [0.29, 0.717) is 5.71 Å². The highest BCUT2D eigenvalue weighted by atomic mass is 16.6. The number of rotatable bonds is 4. The number of nitrogens with zero attached hydrogens (tertiary/aromatic N) is 2. The molecule has 162 valence electrons. The van der Waals surface area contributed by atoms with E-state index in [-0.39, 0.29) is 6.54 Å². The molecule has 0 heterocycles. The summed E-state index contributed by atoms with van der Waals surface area (Å²) in [6.07, 6.45) is -0.433. The lowest BCUT2D eigenvalue weighted by atomic mass is 10.1. The van der Waals surface area contributed by atoms with Gasteiger partial charge in [-0.3, -0.25) is 4.90 Å². The van der Waals surface area contributed by atoms with Crippen molar-refractivity contribution in [3.63, 3.8) is 0 Å². The first-order chi connectivity index (χ1) is 15.3. The number of hydrogen-bond donors (Lipinski definition) is 0. The average Bonchev–Trinajstić information content (AvgIpc) is 2.77. The van der Waals surface area contributed by atoms with E-state index in [4.69, 9.17) is 9.73 Å². The molecule has 3 rings (SSSR count). The molecule has 0 aliphatic rings. The average molecular weight is 425 g/mol. The maximum Gasteiger partial charge on any atom is 0.415 e. The van der Waals surface area contributed by atoms with Crippen LogP contribution in [-0.4, -0.2) is 24.0 Å². The Morgan fingerprint density at radius 1 is 0.906 bits per heavy atom. The van der Waals surface area contributed by atoms with Crippen molar-refractivity contribution >= 4 is 23.2 Å². The van der Waals surface area contributed by atoms with Gasteiger partial charge in [0, 0.05) is 11.3 Å². The molecular weight excluding hydrogens is 396 g/mol. The van der Waals surface area contributed by atoms with Crippen LogP contribution in [0.2, 0.25) is 0 Å². The van der Waals surface area contributed by atoms with E-state index in [1.54, 1.807) is 4.90 Å². The smallest absolute Gasteiger partial charge is 0.415 e. The fourth-order valence-electron chi connectivity index (χ4n) is 2.90. The molecule has 0 bridgehead atoms. The van der Waals surface area contributed by atoms with E-state index in [1.807, 2.05) is 113 Å². The van der Waals surface area contributed by atoms with Crippen LogP contribution in [-0.2, 0) is 4.74 Å². The van der Waals surface area contributed by atoms with Crippen LogP contribution in [0.15, 0.2) is 89.9 Å². The number of aryl methyl sites for hydroxylation is 1. The summed E-state index contributed by atoms with van der Waals surface area (Å²) in [4.78, 5) is 19.2. The van der Waals surface area contributed by atoms with E-state index < -0.39 is 11.7 Å². The van der Waals surface area contributed by atoms with Gasteiger partial charge in [0.15, 0.2) is 0 Å². The summed E-state index contributed by atoms with van der Waals surface area (Å²) in [5, 5.41) is 0. The zero-order valence-electron chi connectivity index (χ0n) is 19.0. The lowest BCUT2D eigenvalue weighted by Crippen LogP contribution is -2.37. The lowest BCUT2D eigenvalue weighted by Gasteiger charge is -2.26. The van der Waals surface area contributed by atoms with Crippen molar-refractivity contribution in [2.24, 2.45) is 4.99 Å². The molecule has 4 nitrogen and oxygen atoms in total. The van der Waals surface area contributed by atoms with Gasteiger partial charge in [0.1, 0.15) is 11.3 Å². The third kappa shape index (κ3) is 6.85. The summed E-state index contributed by atoms with van der Waals surface area (Å²) in [6, 6.07) is 27.2. The van der Waals surface area contributed by atoms with Crippen LogP contribution in [0.5, 0.6) is 0 Å². The Bertz CT molecular complexity index is 1120. The van der Waals surface area contributed by atoms with E-state index >= 15 is 0 Å². The molecule has 1 amide bonds. The normalized spacial score (nSPS) is 11.3. The van der Waals surface area contributed by atoms with Crippen LogP contribution in [0.4, 0.5) is 16.2 Å². The van der Waals surface area contributed by atoms with Crippen molar-refractivity contribution in [3.8, 4) is 11.8 Å². The Morgan fingerprint density at radius 2 is 1.50 bits per heavy atom. The fraction of sp³-hybridized carbons (Fsp3) is 0.214. The van der Waals surface area contributed by atoms with E-state index in [9.17, 15) is 4.79 Å². The monoisotopic (exact) mass is 424 g/mol. The lowest BCUT2D eigenvalue weighted by molar-refractivity contribution is 0.0585. The van der Waals surface area contributed by atoms with Crippen LogP contribution in [0.3, 0.4) is 0 Å². The molecule has 0 aliphatic heterocycles. The SMILES string of the molecule is Cc1ccc(N(CC#CC(=Nc2ccccc2)c2ccccc2)C(=O)OC(C)(C)C)cc1. The first kappa shape index (κ1) is 22.8. The third-order valence-electron chi connectivity index (χ3n) is 4.45. The topological polar surface area (TPSA) is 41.9 Å². The van der Waals surface area contributed by atoms with Crippen molar-refractivity contribution in [3.05, 3.63) is 96.1 Å². The molecule has 0 spiro atoms. The molecule has 0 fully saturated rings. The van der Waals surface area contributed by atoms with Gasteiger partial charge < -0.3 is 4.74 Å². The molecule has 0 unspecified atom stereocenters. The second-order valence-electron chi connectivity index (χ2n) is 8.37. The standard InChI is InChI=1S/C28H28N2O2/c1-22-17-19-25(20-18-22)30(27(31)32-28(2,3)4)21-11-16-26(23-12-7-5-8-13-23)29-24-14-9-6-10-15-24/h5-10,12-15,17-20H,21H2,1-4H3. The number of amides is 1. The van der Waals surface area contributed by atoms with E-state index in [2.05, 4.69) is 11.8 Å². The third-order valence-corrected chi connectivity index (χ3v) is 4.45. The Kier molecular flexibility index (Phi) is 7.46. The zero-order valence-corrected chi connectivity index (χ0v) is 19.0. The fourth-order valence-corrected chi connectivity index (χ4v) is 2.90. The van der Waals surface area contributed by atoms with Gasteiger partial charge in [-0.15, -0.1) is 0 Å². The molecule has 0 saturated heterocycles. The minimum atomic E-state index is -0.600. The molecular formula is C28H28N2O2. The number of carbonyl (C=O) groups excluding carboxylic acids is 1. The van der Waals surface area contributed by atoms with Gasteiger partial charge in [0.2, 0.25) is 0 Å². The summed E-state index contributed by atoms with van der Waals surface area (Å²) in [6.45, 7) is 7.74. The summed E-state index contributed by atoms with van der Waals surface area (Å²) >= 11 is 0. The molecule has 0 aliphatic carbocycles. The van der Waals surface area contributed by atoms with Crippen LogP contribution < -0.4 is 4.90 Å². The molecule has 0 N–H and O–H groups in total. The van der Waals surface area contributed by atoms with Crippen molar-refractivity contribution in [1.29, 1.82) is 0 Å². The summed E-state index contributed by atoms with van der Waals surface area (Å²) in [7, 11) is 0. The Labute approximate surface area is 190 Å². The molecule has 4 heteroatoms. The predicted octanol–water partition coefficient (Wildman–Crippen LogP) is 6.56. The molecule has 0 radical (unpaired) electrons. The minimum absolute atomic E-state index is 0.179. The number of benzene rings is 3. The summed E-state index contributed by atoms with van der Waals surface area (Å²) < 4.78 is 5.61. The van der Waals surface area contributed by atoms with Crippen molar-refractivity contribution < 1.29 is 9.53 Å². The molecule has 0 atom stereocenters. The van der Waals surface area contributed by atoms with Crippen molar-refractivity contribution in [2.75, 3.05) is 11.4 Å². The van der Waals surface area contributed by atoms with Crippen LogP contribution in [0.25, 0.3) is 0 Å². The van der Waals surface area contributed by atoms with Gasteiger partial charge in [0.25, 0.3) is 0 Å². The van der Waals surface area contributed by atoms with Crippen LogP contribution in [0.1, 0.15) is 31.9 Å². The largest absolute Gasteiger partial charge is 0.443 e. The maximum absolute atomic E-state index is 12.9. The number of anilines is 1. The Balaban J connectivity index is 1.92. The Hall–Kier alpha value is -3.84. The maximum atomic E-state index is 12.9. The minimum Gasteiger partial charge on any atom is -0.443 e. The molecule has 32 heavy (non-hydrogen) atoms. The molecule has 3 aromatic carbocycles. The van der Waals surface area contributed by atoms with Crippen molar-refractivity contribution in [1.82, 2.24) is 0 Å². The summed E-state index contributed by atoms with van der Waals surface area (Å²) in [5.41, 5.74) is 3.64. The zero-order chi connectivity index (χ0) is 23.0. The van der Waals surface area contributed by atoms with Gasteiger partial charge >= 0.3 is 6.09 Å². The number of hydrogen-bond acceptors (Lipinski definition) is 3. The molecule has 0 saturated carbocycles. The number of carbonyl (C=O) groups is 1. The van der Waals surface area contributed by atoms with Crippen molar-refractivity contribution in [2.45, 2.75) is 33.3 Å². The summed E-state index contributed by atoms with van der Waals surface area (Å²) in [5.74, 6) is 6.29. The Morgan fingerprint density at radius 3 is 2.09 bits per heavy atom. The van der Waals surface area contributed by atoms with Crippen LogP contribution >= 0.6 is 0 Å². The first-order valence-electron chi connectivity index (χ1n) is 10.6. The molecule has 3 aromatic rings. The van der Waals surface area contributed by atoms with Gasteiger partial charge in [-0.05, 0) is 57.9 Å².